The Bertz CT molecular complexity index is 1120. The lowest BCUT2D eigenvalue weighted by atomic mass is 10.1. The van der Waals surface area contributed by atoms with Gasteiger partial charge < -0.3 is 15.6 Å². The predicted molar refractivity (Wildman–Crippen MR) is 114 cm³/mol. The van der Waals surface area contributed by atoms with Gasteiger partial charge in [0, 0.05) is 35.4 Å². The highest BCUT2D eigenvalue weighted by atomic mass is 35.5. The minimum Gasteiger partial charge on any atom is -0.370 e. The van der Waals surface area contributed by atoms with Gasteiger partial charge in [0.2, 0.25) is 0 Å². The van der Waals surface area contributed by atoms with E-state index in [1.54, 1.807) is 30.5 Å². The van der Waals surface area contributed by atoms with Gasteiger partial charge in [-0.1, -0.05) is 41.9 Å². The maximum atomic E-state index is 12.5. The molecular formula is C22H19ClN4O. The lowest BCUT2D eigenvalue weighted by molar-refractivity contribution is 0.102. The molecule has 28 heavy (non-hydrogen) atoms. The number of para-hydroxylation sites is 2. The Morgan fingerprint density at radius 2 is 1.89 bits per heavy atom. The van der Waals surface area contributed by atoms with Crippen LogP contribution in [0.5, 0.6) is 0 Å². The number of H-pyrrole nitrogens is 1. The number of nitrogens with zero attached hydrogens (tertiary/aromatic N) is 1. The van der Waals surface area contributed by atoms with Crippen LogP contribution in [0.3, 0.4) is 0 Å². The van der Waals surface area contributed by atoms with Crippen molar-refractivity contribution in [3.05, 3.63) is 89.2 Å². The zero-order valence-electron chi connectivity index (χ0n) is 15.1. The molecule has 4 rings (SSSR count). The second kappa shape index (κ2) is 8.15. The van der Waals surface area contributed by atoms with Crippen LogP contribution in [0, 0.1) is 0 Å². The summed E-state index contributed by atoms with van der Waals surface area (Å²) in [5.41, 5.74) is 3.48. The van der Waals surface area contributed by atoms with E-state index in [9.17, 15) is 4.79 Å². The molecule has 0 aliphatic rings. The van der Waals surface area contributed by atoms with E-state index in [2.05, 4.69) is 32.7 Å². The summed E-state index contributed by atoms with van der Waals surface area (Å²) in [5, 5.41) is 7.84. The van der Waals surface area contributed by atoms with Crippen LogP contribution in [0.4, 0.5) is 11.5 Å². The number of amides is 1. The Balaban J connectivity index is 1.39. The second-order valence-electron chi connectivity index (χ2n) is 6.40. The number of rotatable bonds is 6. The lowest BCUT2D eigenvalue weighted by Gasteiger charge is -2.09. The normalized spacial score (nSPS) is 10.8. The second-order valence-corrected chi connectivity index (χ2v) is 6.81. The fourth-order valence-electron chi connectivity index (χ4n) is 3.09. The quantitative estimate of drug-likeness (QED) is 0.427. The van der Waals surface area contributed by atoms with Crippen LogP contribution in [0.1, 0.15) is 15.9 Å². The van der Waals surface area contributed by atoms with E-state index >= 15 is 0 Å². The summed E-state index contributed by atoms with van der Waals surface area (Å²) in [6, 6.07) is 18.8. The van der Waals surface area contributed by atoms with Gasteiger partial charge in [-0.05, 0) is 42.3 Å². The van der Waals surface area contributed by atoms with E-state index in [0.29, 0.717) is 28.6 Å². The number of benzene rings is 2. The van der Waals surface area contributed by atoms with Crippen LogP contribution in [0.15, 0.2) is 73.1 Å². The molecule has 2 aromatic heterocycles. The number of aromatic amines is 1. The number of hydrogen-bond acceptors (Lipinski definition) is 3. The first kappa shape index (κ1) is 18.1. The Morgan fingerprint density at radius 3 is 2.79 bits per heavy atom. The van der Waals surface area contributed by atoms with Crippen LogP contribution >= 0.6 is 11.6 Å². The van der Waals surface area contributed by atoms with Gasteiger partial charge >= 0.3 is 0 Å². The number of aromatic nitrogens is 2. The molecule has 0 atom stereocenters. The first-order valence-electron chi connectivity index (χ1n) is 9.01. The third-order valence-corrected chi connectivity index (χ3v) is 4.85. The van der Waals surface area contributed by atoms with Gasteiger partial charge in [0.05, 0.1) is 10.7 Å². The minimum absolute atomic E-state index is 0.227. The van der Waals surface area contributed by atoms with Crippen LogP contribution in [-0.2, 0) is 6.42 Å². The standard InChI is InChI=1S/C22H19ClN4O/c23-18-6-2-4-8-20(18)27-22(28)15-9-11-24-21(13-15)25-12-10-16-14-26-19-7-3-1-5-17(16)19/h1-9,11,13-14,26H,10,12H2,(H,24,25)(H,27,28). The Kier molecular flexibility index (Phi) is 5.26. The monoisotopic (exact) mass is 390 g/mol. The van der Waals surface area contributed by atoms with Gasteiger partial charge in [0.1, 0.15) is 5.82 Å². The number of pyridine rings is 1. The Labute approximate surface area is 167 Å². The Hall–Kier alpha value is -3.31. The van der Waals surface area contributed by atoms with Crippen LogP contribution in [0.25, 0.3) is 10.9 Å². The molecule has 0 aliphatic heterocycles. The molecule has 0 aliphatic carbocycles. The van der Waals surface area contributed by atoms with Gasteiger partial charge in [0.15, 0.2) is 0 Å². The van der Waals surface area contributed by atoms with E-state index in [1.165, 1.54) is 10.9 Å². The number of carbonyl (C=O) groups is 1. The number of nitrogens with one attached hydrogen (secondary N) is 3. The van der Waals surface area contributed by atoms with Crippen LogP contribution in [-0.4, -0.2) is 22.4 Å². The van der Waals surface area contributed by atoms with Crippen molar-refractivity contribution in [3.8, 4) is 0 Å². The molecule has 0 saturated carbocycles. The summed E-state index contributed by atoms with van der Waals surface area (Å²) in [6.45, 7) is 0.713. The topological polar surface area (TPSA) is 69.8 Å². The maximum absolute atomic E-state index is 12.5. The fourth-order valence-corrected chi connectivity index (χ4v) is 3.27. The van der Waals surface area contributed by atoms with Crippen molar-refractivity contribution in [2.24, 2.45) is 0 Å². The van der Waals surface area contributed by atoms with Crippen molar-refractivity contribution < 1.29 is 4.79 Å². The van der Waals surface area contributed by atoms with Gasteiger partial charge in [0.25, 0.3) is 5.91 Å². The van der Waals surface area contributed by atoms with E-state index in [4.69, 9.17) is 11.6 Å². The first-order chi connectivity index (χ1) is 13.7. The number of carbonyl (C=O) groups excluding carboxylic acids is 1. The van der Waals surface area contributed by atoms with Gasteiger partial charge in [-0.25, -0.2) is 4.98 Å². The van der Waals surface area contributed by atoms with E-state index in [0.717, 1.165) is 11.9 Å². The summed E-state index contributed by atoms with van der Waals surface area (Å²) < 4.78 is 0. The highest BCUT2D eigenvalue weighted by Gasteiger charge is 2.09. The molecule has 0 bridgehead atoms. The molecule has 6 heteroatoms. The average molecular weight is 391 g/mol. The zero-order valence-corrected chi connectivity index (χ0v) is 15.8. The molecule has 0 radical (unpaired) electrons. The lowest BCUT2D eigenvalue weighted by Crippen LogP contribution is -2.13. The van der Waals surface area contributed by atoms with Crippen LogP contribution in [0.2, 0.25) is 5.02 Å². The summed E-state index contributed by atoms with van der Waals surface area (Å²) in [4.78, 5) is 20.1. The van der Waals surface area contributed by atoms with Crippen molar-refractivity contribution in [1.82, 2.24) is 9.97 Å². The largest absolute Gasteiger partial charge is 0.370 e. The molecule has 0 spiro atoms. The molecule has 0 fully saturated rings. The molecule has 1 amide bonds. The van der Waals surface area contributed by atoms with E-state index < -0.39 is 0 Å². The molecule has 2 heterocycles. The third-order valence-electron chi connectivity index (χ3n) is 4.52. The summed E-state index contributed by atoms with van der Waals surface area (Å²) in [7, 11) is 0. The molecule has 140 valence electrons. The summed E-state index contributed by atoms with van der Waals surface area (Å²) in [6.07, 6.45) is 4.50. The third kappa shape index (κ3) is 4.00. The molecule has 5 nitrogen and oxygen atoms in total. The number of hydrogen-bond donors (Lipinski definition) is 3. The van der Waals surface area contributed by atoms with Crippen molar-refractivity contribution >= 4 is 39.9 Å². The molecule has 0 saturated heterocycles. The molecule has 2 aromatic carbocycles. The van der Waals surface area contributed by atoms with Crippen molar-refractivity contribution in [2.45, 2.75) is 6.42 Å². The first-order valence-corrected chi connectivity index (χ1v) is 9.39. The minimum atomic E-state index is -0.227. The van der Waals surface area contributed by atoms with Gasteiger partial charge in [-0.3, -0.25) is 4.79 Å². The summed E-state index contributed by atoms with van der Waals surface area (Å²) in [5.74, 6) is 0.432. The maximum Gasteiger partial charge on any atom is 0.255 e. The number of halogens is 1. The number of anilines is 2. The highest BCUT2D eigenvalue weighted by molar-refractivity contribution is 6.33. The van der Waals surface area contributed by atoms with E-state index in [1.807, 2.05) is 30.5 Å². The van der Waals surface area contributed by atoms with Crippen LogP contribution < -0.4 is 10.6 Å². The van der Waals surface area contributed by atoms with Gasteiger partial charge in [-0.2, -0.15) is 0 Å². The Morgan fingerprint density at radius 1 is 1.07 bits per heavy atom. The molecule has 4 aromatic rings. The van der Waals surface area contributed by atoms with Crippen molar-refractivity contribution in [2.75, 3.05) is 17.2 Å². The zero-order chi connectivity index (χ0) is 19.3. The van der Waals surface area contributed by atoms with Crippen molar-refractivity contribution in [1.29, 1.82) is 0 Å². The molecular weight excluding hydrogens is 372 g/mol. The smallest absolute Gasteiger partial charge is 0.255 e. The van der Waals surface area contributed by atoms with Crippen molar-refractivity contribution in [3.63, 3.8) is 0 Å². The molecule has 3 N–H and O–H groups in total. The summed E-state index contributed by atoms with van der Waals surface area (Å²) >= 11 is 6.10. The fraction of sp³-hybridized carbons (Fsp3) is 0.0909. The van der Waals surface area contributed by atoms with Gasteiger partial charge in [-0.15, -0.1) is 0 Å². The highest BCUT2D eigenvalue weighted by Crippen LogP contribution is 2.22. The molecule has 0 unspecified atom stereocenters. The number of fused-ring (bicyclic) bond motifs is 1. The average Bonchev–Trinajstić information content (AvgIpc) is 3.13. The SMILES string of the molecule is O=C(Nc1ccccc1Cl)c1ccnc(NCCc2c[nH]c3ccccc23)c1. The van der Waals surface area contributed by atoms with E-state index in [-0.39, 0.29) is 5.91 Å². The predicted octanol–water partition coefficient (Wildman–Crippen LogP) is 5.12.